The Balaban J connectivity index is 1.48. The number of halogens is 4. The predicted molar refractivity (Wildman–Crippen MR) is 114 cm³/mol. The molecule has 1 atom stereocenters. The zero-order valence-electron chi connectivity index (χ0n) is 17.7. The van der Waals surface area contributed by atoms with Crippen LogP contribution in [0.15, 0.2) is 36.4 Å². The highest BCUT2D eigenvalue weighted by Crippen LogP contribution is 2.40. The van der Waals surface area contributed by atoms with Crippen LogP contribution in [0.2, 0.25) is 0 Å². The van der Waals surface area contributed by atoms with Crippen molar-refractivity contribution >= 4 is 0 Å². The third-order valence-electron chi connectivity index (χ3n) is 6.86. The van der Waals surface area contributed by atoms with E-state index in [9.17, 15) is 13.2 Å². The van der Waals surface area contributed by atoms with E-state index in [1.807, 2.05) is 6.07 Å². The van der Waals surface area contributed by atoms with E-state index in [0.29, 0.717) is 29.7 Å². The maximum Gasteiger partial charge on any atom is 0.194 e. The van der Waals surface area contributed by atoms with Crippen molar-refractivity contribution in [1.82, 2.24) is 0 Å². The fourth-order valence-electron chi connectivity index (χ4n) is 5.18. The van der Waals surface area contributed by atoms with Crippen molar-refractivity contribution in [3.8, 4) is 11.8 Å². The summed E-state index contributed by atoms with van der Waals surface area (Å²) in [4.78, 5) is 0. The van der Waals surface area contributed by atoms with Gasteiger partial charge in [0.2, 0.25) is 0 Å². The molecule has 2 aromatic rings. The summed E-state index contributed by atoms with van der Waals surface area (Å²) in [6, 6.07) is 5.21. The topological polar surface area (TPSA) is 0 Å². The predicted octanol–water partition coefficient (Wildman–Crippen LogP) is 7.13. The summed E-state index contributed by atoms with van der Waals surface area (Å²) in [6.45, 7) is 2.08. The lowest BCUT2D eigenvalue weighted by Gasteiger charge is -2.36. The van der Waals surface area contributed by atoms with Crippen LogP contribution in [-0.2, 0) is 12.8 Å². The highest BCUT2D eigenvalue weighted by atomic mass is 19.2. The van der Waals surface area contributed by atoms with Crippen molar-refractivity contribution in [2.75, 3.05) is 0 Å². The van der Waals surface area contributed by atoms with Gasteiger partial charge < -0.3 is 0 Å². The van der Waals surface area contributed by atoms with Gasteiger partial charge >= 0.3 is 0 Å². The van der Waals surface area contributed by atoms with Gasteiger partial charge in [-0.3, -0.25) is 0 Å². The maximum absolute atomic E-state index is 15.1. The van der Waals surface area contributed by atoms with Gasteiger partial charge in [-0.2, -0.15) is 0 Å². The molecule has 0 nitrogen and oxygen atoms in total. The van der Waals surface area contributed by atoms with E-state index >= 15 is 4.39 Å². The minimum atomic E-state index is -1.53. The SMILES string of the molecule is C/C=C/C1CCC(C2CCc3c(ccc(C#Cc4cc(F)c(F)c(F)c4)c3F)C2)CC1. The Bertz CT molecular complexity index is 1030. The number of benzene rings is 2. The van der Waals surface area contributed by atoms with Gasteiger partial charge in [0.15, 0.2) is 17.5 Å². The molecule has 0 radical (unpaired) electrons. The fourth-order valence-corrected chi connectivity index (χ4v) is 5.18. The van der Waals surface area contributed by atoms with Crippen LogP contribution in [0.5, 0.6) is 0 Å². The molecule has 4 rings (SSSR count). The number of hydrogen-bond acceptors (Lipinski definition) is 0. The Hall–Kier alpha value is -2.54. The maximum atomic E-state index is 15.1. The zero-order chi connectivity index (χ0) is 22.0. The molecule has 31 heavy (non-hydrogen) atoms. The highest BCUT2D eigenvalue weighted by Gasteiger charge is 2.30. The molecule has 1 fully saturated rings. The van der Waals surface area contributed by atoms with Crippen LogP contribution in [0.3, 0.4) is 0 Å². The normalized spacial score (nSPS) is 23.3. The summed E-state index contributed by atoms with van der Waals surface area (Å²) in [6.07, 6.45) is 12.0. The average molecular weight is 426 g/mol. The molecule has 0 aromatic heterocycles. The molecule has 2 aliphatic carbocycles. The van der Waals surface area contributed by atoms with E-state index < -0.39 is 17.5 Å². The van der Waals surface area contributed by atoms with Crippen LogP contribution in [0.4, 0.5) is 17.6 Å². The van der Waals surface area contributed by atoms with Crippen LogP contribution in [0.1, 0.15) is 61.3 Å². The van der Waals surface area contributed by atoms with Crippen molar-refractivity contribution < 1.29 is 17.6 Å². The minimum Gasteiger partial charge on any atom is -0.205 e. The van der Waals surface area contributed by atoms with Crippen molar-refractivity contribution in [1.29, 1.82) is 0 Å². The minimum absolute atomic E-state index is 0.0258. The van der Waals surface area contributed by atoms with Crippen molar-refractivity contribution in [2.45, 2.75) is 51.9 Å². The Morgan fingerprint density at radius 2 is 1.55 bits per heavy atom. The van der Waals surface area contributed by atoms with E-state index in [4.69, 9.17) is 0 Å². The van der Waals surface area contributed by atoms with E-state index in [1.54, 1.807) is 6.07 Å². The van der Waals surface area contributed by atoms with Gasteiger partial charge in [-0.1, -0.05) is 30.1 Å². The van der Waals surface area contributed by atoms with Crippen molar-refractivity contribution in [3.05, 3.63) is 81.9 Å². The lowest BCUT2D eigenvalue weighted by molar-refractivity contribution is 0.205. The van der Waals surface area contributed by atoms with Crippen LogP contribution in [-0.4, -0.2) is 0 Å². The Labute approximate surface area is 181 Å². The van der Waals surface area contributed by atoms with Gasteiger partial charge in [-0.05, 0) is 98.9 Å². The molecule has 0 heterocycles. The third kappa shape index (κ3) is 4.71. The van der Waals surface area contributed by atoms with E-state index in [-0.39, 0.29) is 16.9 Å². The van der Waals surface area contributed by atoms with Crippen molar-refractivity contribution in [2.24, 2.45) is 17.8 Å². The molecule has 162 valence electrons. The second-order valence-electron chi connectivity index (χ2n) is 8.77. The van der Waals surface area contributed by atoms with Crippen LogP contribution < -0.4 is 0 Å². The first kappa shape index (κ1) is 21.7. The van der Waals surface area contributed by atoms with Gasteiger partial charge in [0, 0.05) is 5.56 Å². The average Bonchev–Trinajstić information content (AvgIpc) is 2.77. The molecule has 0 spiro atoms. The van der Waals surface area contributed by atoms with E-state index in [1.165, 1.54) is 25.7 Å². The molecule has 0 amide bonds. The molecule has 0 saturated heterocycles. The van der Waals surface area contributed by atoms with Crippen LogP contribution in [0.25, 0.3) is 0 Å². The summed E-state index contributed by atoms with van der Waals surface area (Å²) in [5.41, 5.74) is 1.94. The quantitative estimate of drug-likeness (QED) is 0.207. The van der Waals surface area contributed by atoms with Crippen molar-refractivity contribution in [3.63, 3.8) is 0 Å². The van der Waals surface area contributed by atoms with Gasteiger partial charge in [0.25, 0.3) is 0 Å². The number of fused-ring (bicyclic) bond motifs is 1. The van der Waals surface area contributed by atoms with Gasteiger partial charge in [-0.15, -0.1) is 0 Å². The second kappa shape index (κ2) is 9.30. The van der Waals surface area contributed by atoms with E-state index in [2.05, 4.69) is 30.9 Å². The molecule has 2 aliphatic rings. The molecular weight excluding hydrogens is 400 g/mol. The fraction of sp³-hybridized carbons (Fsp3) is 0.407. The Morgan fingerprint density at radius 3 is 2.23 bits per heavy atom. The molecule has 0 N–H and O–H groups in total. The lowest BCUT2D eigenvalue weighted by Crippen LogP contribution is -2.26. The second-order valence-corrected chi connectivity index (χ2v) is 8.77. The van der Waals surface area contributed by atoms with Gasteiger partial charge in [0.1, 0.15) is 5.82 Å². The third-order valence-corrected chi connectivity index (χ3v) is 6.86. The molecule has 4 heteroatoms. The Morgan fingerprint density at radius 1 is 0.839 bits per heavy atom. The lowest BCUT2D eigenvalue weighted by atomic mass is 9.69. The Kier molecular flexibility index (Phi) is 6.51. The summed E-state index contributed by atoms with van der Waals surface area (Å²) in [7, 11) is 0. The first-order valence-electron chi connectivity index (χ1n) is 11.1. The summed E-state index contributed by atoms with van der Waals surface area (Å²) in [5.74, 6) is 2.74. The highest BCUT2D eigenvalue weighted by molar-refractivity contribution is 5.47. The van der Waals surface area contributed by atoms with E-state index in [0.717, 1.165) is 30.5 Å². The smallest absolute Gasteiger partial charge is 0.194 e. The van der Waals surface area contributed by atoms with Gasteiger partial charge in [0.05, 0.1) is 5.56 Å². The molecule has 0 bridgehead atoms. The summed E-state index contributed by atoms with van der Waals surface area (Å²) >= 11 is 0. The zero-order valence-corrected chi connectivity index (χ0v) is 17.7. The molecule has 1 unspecified atom stereocenters. The number of allylic oxidation sites excluding steroid dienone is 2. The molecule has 0 aliphatic heterocycles. The monoisotopic (exact) mass is 426 g/mol. The number of hydrogen-bond donors (Lipinski definition) is 0. The molecular formula is C27H26F4. The summed E-state index contributed by atoms with van der Waals surface area (Å²) in [5, 5.41) is 0. The van der Waals surface area contributed by atoms with Crippen LogP contribution in [0, 0.1) is 52.9 Å². The first-order valence-corrected chi connectivity index (χ1v) is 11.1. The number of rotatable bonds is 2. The largest absolute Gasteiger partial charge is 0.205 e. The van der Waals surface area contributed by atoms with Crippen LogP contribution >= 0.6 is 0 Å². The first-order chi connectivity index (χ1) is 15.0. The summed E-state index contributed by atoms with van der Waals surface area (Å²) < 4.78 is 54.9. The molecule has 2 aromatic carbocycles. The van der Waals surface area contributed by atoms with Gasteiger partial charge in [-0.25, -0.2) is 17.6 Å². The molecule has 1 saturated carbocycles. The standard InChI is InChI=1S/C27H26F4/c1-2-3-17-4-7-19(8-5-17)21-12-13-23-22(16-21)11-10-20(26(23)30)9-6-18-14-24(28)27(31)25(29)15-18/h2-3,10-11,14-15,17,19,21H,4-5,7-8,12-13,16H2,1H3/b3-2+.